The highest BCUT2D eigenvalue weighted by Crippen LogP contribution is 2.16. The molecule has 1 N–H and O–H groups in total. The second kappa shape index (κ2) is 9.15. The number of halogens is 1. The second-order valence-corrected chi connectivity index (χ2v) is 6.66. The first-order chi connectivity index (χ1) is 10.8. The predicted molar refractivity (Wildman–Crippen MR) is 90.7 cm³/mol. The Morgan fingerprint density at radius 2 is 1.54 bits per heavy atom. The van der Waals surface area contributed by atoms with E-state index in [9.17, 15) is 9.90 Å². The highest BCUT2D eigenvalue weighted by atomic mass is 127. The average molecular weight is 441 g/mol. The molecule has 0 bridgehead atoms. The molecule has 0 radical (unpaired) electrons. The van der Waals surface area contributed by atoms with Crippen LogP contribution in [0, 0.1) is 0 Å². The van der Waals surface area contributed by atoms with E-state index >= 15 is 0 Å². The number of rotatable bonds is 7. The minimum Gasteiger partial charge on any atom is -1.00 e. The zero-order valence-electron chi connectivity index (χ0n) is 14.3. The molecule has 0 aliphatic heterocycles. The lowest BCUT2D eigenvalue weighted by Crippen LogP contribution is -3.00. The van der Waals surface area contributed by atoms with Gasteiger partial charge in [-0.15, -0.1) is 0 Å². The normalized spacial score (nSPS) is 12.2. The Balaban J connectivity index is 0.00000288. The molecule has 4 nitrogen and oxygen atoms in total. The van der Waals surface area contributed by atoms with E-state index in [0.29, 0.717) is 27.9 Å². The third-order valence-electron chi connectivity index (χ3n) is 3.35. The minimum absolute atomic E-state index is 0. The number of hydrogen-bond donors (Lipinski definition) is 1. The summed E-state index contributed by atoms with van der Waals surface area (Å²) in [4.78, 5) is 12.3. The van der Waals surface area contributed by atoms with Crippen molar-refractivity contribution in [3.05, 3.63) is 65.7 Å². The van der Waals surface area contributed by atoms with Gasteiger partial charge in [-0.1, -0.05) is 30.3 Å². The van der Waals surface area contributed by atoms with Gasteiger partial charge in [0, 0.05) is 11.1 Å². The molecule has 0 aromatic heterocycles. The summed E-state index contributed by atoms with van der Waals surface area (Å²) < 4.78 is 6.26. The maximum absolute atomic E-state index is 12.3. The first-order valence-corrected chi connectivity index (χ1v) is 7.66. The van der Waals surface area contributed by atoms with Gasteiger partial charge in [0.25, 0.3) is 0 Å². The topological polar surface area (TPSA) is 46.5 Å². The zero-order chi connectivity index (χ0) is 16.9. The lowest BCUT2D eigenvalue weighted by Gasteiger charge is -2.26. The van der Waals surface area contributed by atoms with Crippen molar-refractivity contribution >= 4 is 5.78 Å². The number of carbonyl (C=O) groups is 1. The van der Waals surface area contributed by atoms with Crippen molar-refractivity contribution < 1.29 is 43.1 Å². The lowest BCUT2D eigenvalue weighted by atomic mass is 10.0. The Hall–Kier alpha value is -1.44. The molecular weight excluding hydrogens is 417 g/mol. The SMILES string of the molecule is C[N+](C)(C)CC(O)COc1ccc(C(=O)c2ccccc2)cc1.[I-]. The average Bonchev–Trinajstić information content (AvgIpc) is 2.52. The highest BCUT2D eigenvalue weighted by Gasteiger charge is 2.16. The molecule has 1 atom stereocenters. The van der Waals surface area contributed by atoms with Crippen LogP contribution in [-0.2, 0) is 0 Å². The smallest absolute Gasteiger partial charge is 0.193 e. The van der Waals surface area contributed by atoms with E-state index in [1.807, 2.05) is 39.3 Å². The predicted octanol–water partition coefficient (Wildman–Crippen LogP) is -0.632. The van der Waals surface area contributed by atoms with Gasteiger partial charge in [0.1, 0.15) is 25.0 Å². The van der Waals surface area contributed by atoms with E-state index in [1.165, 1.54) is 0 Å². The van der Waals surface area contributed by atoms with Gasteiger partial charge in [0.15, 0.2) is 5.78 Å². The van der Waals surface area contributed by atoms with Crippen molar-refractivity contribution in [1.82, 2.24) is 0 Å². The van der Waals surface area contributed by atoms with Gasteiger partial charge in [0.2, 0.25) is 0 Å². The number of nitrogens with zero attached hydrogens (tertiary/aromatic N) is 1. The standard InChI is InChI=1S/C19H24NO3.HI/c1-20(2,3)13-17(21)14-23-18-11-9-16(10-12-18)19(22)15-7-5-4-6-8-15;/h4-12,17,21H,13-14H2,1-3H3;1H/q+1;/p-1. The summed E-state index contributed by atoms with van der Waals surface area (Å²) in [6.07, 6.45) is -0.527. The van der Waals surface area contributed by atoms with Crippen LogP contribution in [0.15, 0.2) is 54.6 Å². The fraction of sp³-hybridized carbons (Fsp3) is 0.316. The fourth-order valence-electron chi connectivity index (χ4n) is 2.34. The molecule has 0 heterocycles. The van der Waals surface area contributed by atoms with Gasteiger partial charge in [0.05, 0.1) is 21.1 Å². The van der Waals surface area contributed by atoms with Gasteiger partial charge >= 0.3 is 0 Å². The van der Waals surface area contributed by atoms with Crippen LogP contribution < -0.4 is 28.7 Å². The molecule has 5 heteroatoms. The number of aliphatic hydroxyl groups excluding tert-OH is 1. The summed E-state index contributed by atoms with van der Waals surface area (Å²) in [5, 5.41) is 9.94. The van der Waals surface area contributed by atoms with Crippen LogP contribution in [0.4, 0.5) is 0 Å². The Labute approximate surface area is 160 Å². The first-order valence-electron chi connectivity index (χ1n) is 7.66. The molecule has 24 heavy (non-hydrogen) atoms. The molecule has 130 valence electrons. The van der Waals surface area contributed by atoms with E-state index in [1.54, 1.807) is 36.4 Å². The fourth-order valence-corrected chi connectivity index (χ4v) is 2.34. The highest BCUT2D eigenvalue weighted by molar-refractivity contribution is 6.08. The largest absolute Gasteiger partial charge is 1.00 e. The van der Waals surface area contributed by atoms with Crippen molar-refractivity contribution in [3.63, 3.8) is 0 Å². The van der Waals surface area contributed by atoms with Gasteiger partial charge in [-0.2, -0.15) is 0 Å². The van der Waals surface area contributed by atoms with Crippen LogP contribution in [0.5, 0.6) is 5.75 Å². The van der Waals surface area contributed by atoms with E-state index in [2.05, 4.69) is 0 Å². The summed E-state index contributed by atoms with van der Waals surface area (Å²) >= 11 is 0. The van der Waals surface area contributed by atoms with E-state index in [4.69, 9.17) is 4.74 Å². The van der Waals surface area contributed by atoms with Crippen LogP contribution in [0.25, 0.3) is 0 Å². The molecule has 0 saturated heterocycles. The number of ether oxygens (including phenoxy) is 1. The van der Waals surface area contributed by atoms with Crippen LogP contribution in [0.1, 0.15) is 15.9 Å². The lowest BCUT2D eigenvalue weighted by molar-refractivity contribution is -0.873. The summed E-state index contributed by atoms with van der Waals surface area (Å²) in [5.41, 5.74) is 1.29. The third-order valence-corrected chi connectivity index (χ3v) is 3.35. The zero-order valence-corrected chi connectivity index (χ0v) is 16.4. The Morgan fingerprint density at radius 1 is 1.00 bits per heavy atom. The number of aliphatic hydroxyl groups is 1. The number of ketones is 1. The minimum atomic E-state index is -0.527. The van der Waals surface area contributed by atoms with E-state index in [0.717, 1.165) is 0 Å². The molecule has 0 saturated carbocycles. The van der Waals surface area contributed by atoms with Gasteiger partial charge in [-0.3, -0.25) is 4.79 Å². The van der Waals surface area contributed by atoms with Gasteiger partial charge in [-0.05, 0) is 24.3 Å². The third kappa shape index (κ3) is 6.59. The molecule has 0 aliphatic rings. The van der Waals surface area contributed by atoms with Crippen molar-refractivity contribution in [1.29, 1.82) is 0 Å². The Bertz CT molecular complexity index is 636. The number of carbonyl (C=O) groups excluding carboxylic acids is 1. The van der Waals surface area contributed by atoms with Crippen molar-refractivity contribution in [2.75, 3.05) is 34.3 Å². The molecule has 2 rings (SSSR count). The van der Waals surface area contributed by atoms with Gasteiger partial charge < -0.3 is 38.3 Å². The van der Waals surface area contributed by atoms with Gasteiger partial charge in [-0.25, -0.2) is 0 Å². The Kier molecular flexibility index (Phi) is 7.86. The second-order valence-electron chi connectivity index (χ2n) is 6.66. The molecular formula is C19H24INO3. The van der Waals surface area contributed by atoms with Crippen LogP contribution in [-0.4, -0.2) is 55.8 Å². The Morgan fingerprint density at radius 3 is 2.08 bits per heavy atom. The maximum atomic E-state index is 12.3. The van der Waals surface area contributed by atoms with Crippen LogP contribution in [0.3, 0.4) is 0 Å². The van der Waals surface area contributed by atoms with E-state index in [-0.39, 0.29) is 36.4 Å². The first kappa shape index (κ1) is 20.6. The molecule has 0 spiro atoms. The number of hydrogen-bond acceptors (Lipinski definition) is 3. The monoisotopic (exact) mass is 441 g/mol. The molecule has 1 unspecified atom stereocenters. The molecule has 2 aromatic carbocycles. The molecule has 2 aromatic rings. The molecule has 0 aliphatic carbocycles. The number of likely N-dealkylation sites (N-methyl/N-ethyl adjacent to an activating group) is 1. The quantitative estimate of drug-likeness (QED) is 0.354. The summed E-state index contributed by atoms with van der Waals surface area (Å²) in [5.74, 6) is 0.636. The number of quaternary nitrogens is 1. The van der Waals surface area contributed by atoms with Crippen molar-refractivity contribution in [2.24, 2.45) is 0 Å². The molecule has 0 amide bonds. The maximum Gasteiger partial charge on any atom is 0.193 e. The summed E-state index contributed by atoms with van der Waals surface area (Å²) in [6, 6.07) is 16.2. The van der Waals surface area contributed by atoms with Crippen molar-refractivity contribution in [3.8, 4) is 5.75 Å². The summed E-state index contributed by atoms with van der Waals surface area (Å²) in [7, 11) is 6.06. The van der Waals surface area contributed by atoms with E-state index < -0.39 is 6.10 Å². The van der Waals surface area contributed by atoms with Crippen LogP contribution in [0.2, 0.25) is 0 Å². The van der Waals surface area contributed by atoms with Crippen LogP contribution >= 0.6 is 0 Å². The molecule has 0 fully saturated rings. The number of benzene rings is 2. The summed E-state index contributed by atoms with van der Waals surface area (Å²) in [6.45, 7) is 0.853. The van der Waals surface area contributed by atoms with Crippen molar-refractivity contribution in [2.45, 2.75) is 6.10 Å².